The van der Waals surface area contributed by atoms with Crippen LogP contribution in [0, 0.1) is 5.82 Å². The van der Waals surface area contributed by atoms with Crippen LogP contribution in [0.25, 0.3) is 0 Å². The van der Waals surface area contributed by atoms with Gasteiger partial charge in [-0.2, -0.15) is 13.2 Å². The Bertz CT molecular complexity index is 355. The first kappa shape index (κ1) is 16.0. The fourth-order valence-electron chi connectivity index (χ4n) is 1.22. The van der Waals surface area contributed by atoms with Gasteiger partial charge in [-0.15, -0.1) is 12.4 Å². The maximum Gasteiger partial charge on any atom is 0.390 e. The van der Waals surface area contributed by atoms with Crippen molar-refractivity contribution in [2.45, 2.75) is 19.1 Å². The van der Waals surface area contributed by atoms with Crippen molar-refractivity contribution in [2.75, 3.05) is 11.9 Å². The summed E-state index contributed by atoms with van der Waals surface area (Å²) in [5.41, 5.74) is 6.16. The molecule has 1 aromatic rings. The minimum Gasteiger partial charge on any atom is -0.385 e. The Labute approximate surface area is 103 Å². The number of rotatable bonds is 4. The van der Waals surface area contributed by atoms with Gasteiger partial charge in [-0.1, -0.05) is 0 Å². The molecule has 1 aromatic carbocycles. The first-order valence-electron chi connectivity index (χ1n) is 4.71. The largest absolute Gasteiger partial charge is 0.390 e. The molecule has 0 saturated carbocycles. The van der Waals surface area contributed by atoms with Gasteiger partial charge in [0.1, 0.15) is 5.82 Å². The number of benzene rings is 1. The molecule has 2 nitrogen and oxygen atoms in total. The number of nitrogens with two attached hydrogens (primary N) is 1. The number of anilines is 1. The zero-order chi connectivity index (χ0) is 12.2. The van der Waals surface area contributed by atoms with Crippen molar-refractivity contribution < 1.29 is 17.6 Å². The van der Waals surface area contributed by atoms with Gasteiger partial charge in [-0.25, -0.2) is 4.39 Å². The number of nitrogens with one attached hydrogen (secondary N) is 1. The lowest BCUT2D eigenvalue weighted by molar-refractivity contribution is -0.131. The average Bonchev–Trinajstić information content (AvgIpc) is 2.14. The van der Waals surface area contributed by atoms with Crippen molar-refractivity contribution in [1.29, 1.82) is 0 Å². The Balaban J connectivity index is 0.00000256. The van der Waals surface area contributed by atoms with Crippen molar-refractivity contribution >= 4 is 18.1 Å². The summed E-state index contributed by atoms with van der Waals surface area (Å²) in [6.07, 6.45) is -5.17. The third-order valence-corrected chi connectivity index (χ3v) is 1.93. The van der Waals surface area contributed by atoms with Gasteiger partial charge in [-0.05, 0) is 23.8 Å². The van der Waals surface area contributed by atoms with Crippen molar-refractivity contribution in [3.05, 3.63) is 29.6 Å². The lowest BCUT2D eigenvalue weighted by Crippen LogP contribution is -2.14. The van der Waals surface area contributed by atoms with Crippen molar-refractivity contribution in [2.24, 2.45) is 5.73 Å². The molecule has 0 saturated heterocycles. The van der Waals surface area contributed by atoms with Crippen LogP contribution in [-0.2, 0) is 6.54 Å². The van der Waals surface area contributed by atoms with E-state index in [9.17, 15) is 17.6 Å². The van der Waals surface area contributed by atoms with Crippen LogP contribution in [0.4, 0.5) is 23.2 Å². The standard InChI is InChI=1S/C10H12F4N2.ClH/c11-8-3-7(6-15)4-9(5-8)16-2-1-10(12,13)14;/h3-5,16H,1-2,6,15H2;1H. The van der Waals surface area contributed by atoms with Gasteiger partial charge in [0.05, 0.1) is 6.42 Å². The molecule has 98 valence electrons. The van der Waals surface area contributed by atoms with Gasteiger partial charge < -0.3 is 11.1 Å². The molecule has 0 fully saturated rings. The molecule has 0 aliphatic carbocycles. The molecule has 0 unspecified atom stereocenters. The number of alkyl halides is 3. The molecule has 0 bridgehead atoms. The molecule has 3 N–H and O–H groups in total. The molecule has 0 heterocycles. The second kappa shape index (κ2) is 6.66. The Kier molecular flexibility index (Phi) is 6.26. The second-order valence-corrected chi connectivity index (χ2v) is 3.34. The van der Waals surface area contributed by atoms with Crippen LogP contribution >= 0.6 is 12.4 Å². The van der Waals surface area contributed by atoms with Gasteiger partial charge in [0, 0.05) is 18.8 Å². The zero-order valence-corrected chi connectivity index (χ0v) is 9.67. The van der Waals surface area contributed by atoms with Crippen LogP contribution in [0.2, 0.25) is 0 Å². The van der Waals surface area contributed by atoms with Gasteiger partial charge in [-0.3, -0.25) is 0 Å². The van der Waals surface area contributed by atoms with E-state index in [1.54, 1.807) is 0 Å². The number of hydrogen-bond acceptors (Lipinski definition) is 2. The third kappa shape index (κ3) is 6.33. The molecule has 0 aromatic heterocycles. The summed E-state index contributed by atoms with van der Waals surface area (Å²) in [5, 5.41) is 2.50. The number of halogens is 5. The molecular formula is C10H13ClF4N2. The maximum absolute atomic E-state index is 13.0. The van der Waals surface area contributed by atoms with Crippen LogP contribution in [0.15, 0.2) is 18.2 Å². The van der Waals surface area contributed by atoms with Crippen molar-refractivity contribution in [3.8, 4) is 0 Å². The molecule has 0 radical (unpaired) electrons. The van der Waals surface area contributed by atoms with E-state index in [0.717, 1.165) is 6.07 Å². The van der Waals surface area contributed by atoms with E-state index in [2.05, 4.69) is 5.32 Å². The fourth-order valence-corrected chi connectivity index (χ4v) is 1.22. The van der Waals surface area contributed by atoms with Crippen LogP contribution in [0.3, 0.4) is 0 Å². The van der Waals surface area contributed by atoms with Crippen LogP contribution in [0.1, 0.15) is 12.0 Å². The maximum atomic E-state index is 13.0. The Morgan fingerprint density at radius 3 is 2.35 bits per heavy atom. The lowest BCUT2D eigenvalue weighted by atomic mass is 10.2. The monoisotopic (exact) mass is 272 g/mol. The predicted molar refractivity (Wildman–Crippen MR) is 60.7 cm³/mol. The zero-order valence-electron chi connectivity index (χ0n) is 8.85. The van der Waals surface area contributed by atoms with Gasteiger partial charge in [0.15, 0.2) is 0 Å². The highest BCUT2D eigenvalue weighted by Gasteiger charge is 2.26. The minimum absolute atomic E-state index is 0. The summed E-state index contributed by atoms with van der Waals surface area (Å²) in [6.45, 7) is -0.136. The first-order valence-corrected chi connectivity index (χ1v) is 4.71. The highest BCUT2D eigenvalue weighted by atomic mass is 35.5. The van der Waals surface area contributed by atoms with Crippen LogP contribution in [-0.4, -0.2) is 12.7 Å². The number of hydrogen-bond donors (Lipinski definition) is 2. The van der Waals surface area contributed by atoms with Crippen molar-refractivity contribution in [3.63, 3.8) is 0 Å². The molecule has 0 aliphatic rings. The summed E-state index contributed by atoms with van der Waals surface area (Å²) in [5.74, 6) is -0.516. The second-order valence-electron chi connectivity index (χ2n) is 3.34. The Morgan fingerprint density at radius 1 is 1.18 bits per heavy atom. The third-order valence-electron chi connectivity index (χ3n) is 1.93. The topological polar surface area (TPSA) is 38.0 Å². The smallest absolute Gasteiger partial charge is 0.385 e. The summed E-state index contributed by atoms with van der Waals surface area (Å²) in [6, 6.07) is 3.91. The van der Waals surface area contributed by atoms with E-state index in [0.29, 0.717) is 11.3 Å². The van der Waals surface area contributed by atoms with E-state index >= 15 is 0 Å². The lowest BCUT2D eigenvalue weighted by Gasteiger charge is -2.10. The highest BCUT2D eigenvalue weighted by Crippen LogP contribution is 2.20. The summed E-state index contributed by atoms with van der Waals surface area (Å²) >= 11 is 0. The highest BCUT2D eigenvalue weighted by molar-refractivity contribution is 5.85. The molecule has 0 aliphatic heterocycles. The fraction of sp³-hybridized carbons (Fsp3) is 0.400. The van der Waals surface area contributed by atoms with Gasteiger partial charge in [0.2, 0.25) is 0 Å². The predicted octanol–water partition coefficient (Wildman–Crippen LogP) is 3.07. The van der Waals surface area contributed by atoms with E-state index in [-0.39, 0.29) is 25.5 Å². The summed E-state index contributed by atoms with van der Waals surface area (Å²) in [4.78, 5) is 0. The Morgan fingerprint density at radius 2 is 1.82 bits per heavy atom. The van der Waals surface area contributed by atoms with Gasteiger partial charge >= 0.3 is 6.18 Å². The first-order chi connectivity index (χ1) is 7.40. The Hall–Kier alpha value is -1.01. The normalized spacial score (nSPS) is 10.9. The molecule has 0 spiro atoms. The summed E-state index contributed by atoms with van der Waals surface area (Å²) < 4.78 is 48.5. The average molecular weight is 273 g/mol. The van der Waals surface area contributed by atoms with Crippen molar-refractivity contribution in [1.82, 2.24) is 0 Å². The van der Waals surface area contributed by atoms with E-state index in [4.69, 9.17) is 5.73 Å². The van der Waals surface area contributed by atoms with E-state index in [1.807, 2.05) is 0 Å². The molecule has 7 heteroatoms. The molecule has 0 atom stereocenters. The van der Waals surface area contributed by atoms with E-state index in [1.165, 1.54) is 12.1 Å². The molecular weight excluding hydrogens is 260 g/mol. The van der Waals surface area contributed by atoms with Gasteiger partial charge in [0.25, 0.3) is 0 Å². The quantitative estimate of drug-likeness (QED) is 0.827. The van der Waals surface area contributed by atoms with E-state index < -0.39 is 18.4 Å². The molecule has 17 heavy (non-hydrogen) atoms. The van der Waals surface area contributed by atoms with Crippen LogP contribution < -0.4 is 11.1 Å². The summed E-state index contributed by atoms with van der Waals surface area (Å²) in [7, 11) is 0. The SMILES string of the molecule is Cl.NCc1cc(F)cc(NCCC(F)(F)F)c1. The minimum atomic E-state index is -4.21. The van der Waals surface area contributed by atoms with Crippen LogP contribution in [0.5, 0.6) is 0 Å². The molecule has 1 rings (SSSR count). The molecule has 0 amide bonds.